The summed E-state index contributed by atoms with van der Waals surface area (Å²) in [6.45, 7) is 9.18. The third-order valence-electron chi connectivity index (χ3n) is 11.7. The van der Waals surface area contributed by atoms with Crippen LogP contribution in [0.4, 0.5) is 34.1 Å². The van der Waals surface area contributed by atoms with Crippen molar-refractivity contribution in [2.45, 2.75) is 38.5 Å². The van der Waals surface area contributed by atoms with E-state index in [4.69, 9.17) is 9.97 Å². The minimum absolute atomic E-state index is 0.0246. The molecule has 0 bridgehead atoms. The number of aromatic nitrogens is 2. The van der Waals surface area contributed by atoms with E-state index in [9.17, 15) is 10.5 Å². The van der Waals surface area contributed by atoms with E-state index in [1.807, 2.05) is 0 Å². The van der Waals surface area contributed by atoms with Crippen molar-refractivity contribution in [1.82, 2.24) is 9.97 Å². The maximum Gasteiger partial charge on any atom is 0.177 e. The van der Waals surface area contributed by atoms with Crippen LogP contribution in [0.5, 0.6) is 0 Å². The summed E-state index contributed by atoms with van der Waals surface area (Å²) in [4.78, 5) is 14.3. The molecule has 6 heteroatoms. The topological polar surface area (TPSA) is 79.8 Å². The number of nitrogens with zero attached hydrogens (tertiary/aromatic N) is 6. The Bertz CT molecular complexity index is 2700. The average Bonchev–Trinajstić information content (AvgIpc) is 3.20. The van der Waals surface area contributed by atoms with Crippen LogP contribution in [0.3, 0.4) is 0 Å². The van der Waals surface area contributed by atoms with Gasteiger partial charge >= 0.3 is 0 Å². The van der Waals surface area contributed by atoms with Crippen LogP contribution in [0.25, 0.3) is 32.6 Å². The molecule has 256 valence electrons. The van der Waals surface area contributed by atoms with Gasteiger partial charge in [0.1, 0.15) is 12.1 Å². The third-order valence-corrected chi connectivity index (χ3v) is 11.7. The van der Waals surface area contributed by atoms with Crippen molar-refractivity contribution in [3.8, 4) is 12.1 Å². The number of nitriles is 2. The van der Waals surface area contributed by atoms with Crippen molar-refractivity contribution in [2.75, 3.05) is 9.80 Å². The first kappa shape index (κ1) is 31.7. The molecule has 0 amide bonds. The van der Waals surface area contributed by atoms with E-state index in [1.165, 1.54) is 22.3 Å². The van der Waals surface area contributed by atoms with Gasteiger partial charge in [0.05, 0.1) is 33.8 Å². The lowest BCUT2D eigenvalue weighted by Crippen LogP contribution is -2.30. The summed E-state index contributed by atoms with van der Waals surface area (Å²) in [7, 11) is 0. The van der Waals surface area contributed by atoms with Crippen LogP contribution in [-0.2, 0) is 10.8 Å². The largest absolute Gasteiger partial charge is 0.310 e. The summed E-state index contributed by atoms with van der Waals surface area (Å²) in [6, 6.07) is 51.8. The number of rotatable bonds is 2. The molecule has 0 spiro atoms. The molecule has 2 aliphatic heterocycles. The molecule has 0 saturated carbocycles. The lowest BCUT2D eigenvalue weighted by Gasteiger charge is -2.42. The number of hydrogen-bond acceptors (Lipinski definition) is 6. The monoisotopic (exact) mass is 694 g/mol. The fraction of sp³-hybridized carbons (Fsp3) is 0.125. The van der Waals surface area contributed by atoms with Crippen molar-refractivity contribution in [1.29, 1.82) is 10.5 Å². The van der Waals surface area contributed by atoms with E-state index in [2.05, 4.69) is 183 Å². The molecule has 0 atom stereocenters. The summed E-state index contributed by atoms with van der Waals surface area (Å²) in [5.41, 5.74) is 12.5. The molecular weight excluding hydrogens is 661 g/mol. The number of para-hydroxylation sites is 4. The van der Waals surface area contributed by atoms with Crippen molar-refractivity contribution in [3.05, 3.63) is 167 Å². The molecule has 2 aliphatic rings. The van der Waals surface area contributed by atoms with Crippen LogP contribution in [0.15, 0.2) is 133 Å². The maximum absolute atomic E-state index is 10.00. The summed E-state index contributed by atoms with van der Waals surface area (Å²) >= 11 is 0. The molecular formula is C48H34N6. The Hall–Kier alpha value is -7.02. The highest BCUT2D eigenvalue weighted by molar-refractivity contribution is 6.24. The standard InChI is InChI=1S/C48H34N6/c1-47(2)35-13-5-9-17-41(35)53(42-18-10-6-14-36(42)47)29-21-23-31-33(25-29)34-26-30(22-24-32(34)46-45(31)51-39(27-49)40(28-50)52-46)54-43-19-11-7-15-37(43)48(3,4)38-16-8-12-20-44(38)54/h5-26H,1-4H3. The second kappa shape index (κ2) is 11.2. The van der Waals surface area contributed by atoms with Crippen LogP contribution in [0, 0.1) is 22.7 Å². The Morgan fingerprint density at radius 2 is 0.741 bits per heavy atom. The molecule has 1 aromatic heterocycles. The summed E-state index contributed by atoms with van der Waals surface area (Å²) in [5.74, 6) is 0. The number of anilines is 6. The molecule has 10 rings (SSSR count). The molecule has 6 nitrogen and oxygen atoms in total. The van der Waals surface area contributed by atoms with E-state index < -0.39 is 0 Å². The van der Waals surface area contributed by atoms with Crippen molar-refractivity contribution < 1.29 is 0 Å². The van der Waals surface area contributed by atoms with Gasteiger partial charge in [0.25, 0.3) is 0 Å². The first-order valence-corrected chi connectivity index (χ1v) is 18.2. The lowest BCUT2D eigenvalue weighted by atomic mass is 9.73. The molecule has 0 unspecified atom stereocenters. The van der Waals surface area contributed by atoms with Gasteiger partial charge in [0.2, 0.25) is 0 Å². The lowest BCUT2D eigenvalue weighted by molar-refractivity contribution is 0.632. The van der Waals surface area contributed by atoms with Gasteiger partial charge in [-0.2, -0.15) is 10.5 Å². The maximum atomic E-state index is 10.00. The quantitative estimate of drug-likeness (QED) is 0.168. The smallest absolute Gasteiger partial charge is 0.177 e. The molecule has 0 fully saturated rings. The van der Waals surface area contributed by atoms with Crippen molar-refractivity contribution in [3.63, 3.8) is 0 Å². The van der Waals surface area contributed by atoms with E-state index in [0.29, 0.717) is 11.0 Å². The van der Waals surface area contributed by atoms with E-state index >= 15 is 0 Å². The third kappa shape index (κ3) is 4.26. The second-order valence-electron chi connectivity index (χ2n) is 15.3. The van der Waals surface area contributed by atoms with Gasteiger partial charge in [0, 0.05) is 33.0 Å². The summed E-state index contributed by atoms with van der Waals surface area (Å²) in [6.07, 6.45) is 0. The molecule has 54 heavy (non-hydrogen) atoms. The predicted octanol–water partition coefficient (Wildman–Crippen LogP) is 11.9. The van der Waals surface area contributed by atoms with Crippen LogP contribution < -0.4 is 9.80 Å². The minimum Gasteiger partial charge on any atom is -0.310 e. The summed E-state index contributed by atoms with van der Waals surface area (Å²) in [5, 5.41) is 23.7. The average molecular weight is 695 g/mol. The van der Waals surface area contributed by atoms with Crippen LogP contribution in [0.1, 0.15) is 61.3 Å². The molecule has 0 N–H and O–H groups in total. The van der Waals surface area contributed by atoms with Crippen molar-refractivity contribution >= 4 is 66.7 Å². The molecule has 8 aromatic rings. The Morgan fingerprint density at radius 3 is 1.06 bits per heavy atom. The second-order valence-corrected chi connectivity index (χ2v) is 15.3. The summed E-state index contributed by atoms with van der Waals surface area (Å²) < 4.78 is 0. The number of fused-ring (bicyclic) bond motifs is 10. The van der Waals surface area contributed by atoms with E-state index in [0.717, 1.165) is 55.7 Å². The molecule has 7 aromatic carbocycles. The van der Waals surface area contributed by atoms with Crippen LogP contribution >= 0.6 is 0 Å². The van der Waals surface area contributed by atoms with Gasteiger partial charge in [-0.3, -0.25) is 0 Å². The van der Waals surface area contributed by atoms with Gasteiger partial charge in [-0.15, -0.1) is 0 Å². The highest BCUT2D eigenvalue weighted by Crippen LogP contribution is 2.54. The Balaban J connectivity index is 1.29. The SMILES string of the molecule is CC1(C)c2ccccc2N(c2ccc3c(c2)c2cc(N4c5ccccc5C(C)(C)c5ccccc54)ccc2c2nc(C#N)c(C#N)nc32)c2ccccc21. The fourth-order valence-corrected chi connectivity index (χ4v) is 9.06. The van der Waals surface area contributed by atoms with Crippen molar-refractivity contribution in [2.24, 2.45) is 0 Å². The first-order chi connectivity index (χ1) is 26.2. The highest BCUT2D eigenvalue weighted by atomic mass is 15.2. The predicted molar refractivity (Wildman–Crippen MR) is 218 cm³/mol. The highest BCUT2D eigenvalue weighted by Gasteiger charge is 2.38. The first-order valence-electron chi connectivity index (χ1n) is 18.2. The number of benzene rings is 7. The van der Waals surface area contributed by atoms with Crippen LogP contribution in [-0.4, -0.2) is 9.97 Å². The van der Waals surface area contributed by atoms with E-state index in [-0.39, 0.29) is 22.2 Å². The zero-order chi connectivity index (χ0) is 36.9. The molecule has 0 saturated heterocycles. The Morgan fingerprint density at radius 1 is 0.426 bits per heavy atom. The zero-order valence-electron chi connectivity index (χ0n) is 30.4. The Labute approximate surface area is 313 Å². The van der Waals surface area contributed by atoms with Gasteiger partial charge in [-0.25, -0.2) is 9.97 Å². The van der Waals surface area contributed by atoms with Gasteiger partial charge < -0.3 is 9.80 Å². The van der Waals surface area contributed by atoms with Crippen LogP contribution in [0.2, 0.25) is 0 Å². The van der Waals surface area contributed by atoms with Gasteiger partial charge in [0.15, 0.2) is 11.4 Å². The fourth-order valence-electron chi connectivity index (χ4n) is 9.06. The van der Waals surface area contributed by atoms with Gasteiger partial charge in [-0.1, -0.05) is 113 Å². The molecule has 0 aliphatic carbocycles. The zero-order valence-corrected chi connectivity index (χ0v) is 30.4. The normalized spacial score (nSPS) is 14.9. The Kier molecular flexibility index (Phi) is 6.60. The minimum atomic E-state index is -0.185. The molecule has 0 radical (unpaired) electrons. The molecule has 3 heterocycles. The van der Waals surface area contributed by atoms with Gasteiger partial charge in [-0.05, 0) is 81.6 Å². The van der Waals surface area contributed by atoms with E-state index in [1.54, 1.807) is 0 Å². The number of hydrogen-bond donors (Lipinski definition) is 0.